The van der Waals surface area contributed by atoms with E-state index in [2.05, 4.69) is 0 Å². The van der Waals surface area contributed by atoms with Gasteiger partial charge in [-0.3, -0.25) is 5.41 Å². The van der Waals surface area contributed by atoms with Gasteiger partial charge in [0.05, 0.1) is 16.7 Å². The molecule has 2 rings (SSSR count). The number of fused-ring (bicyclic) bond motifs is 1. The lowest BCUT2D eigenvalue weighted by atomic mass is 9.98. The van der Waals surface area contributed by atoms with E-state index in [1.807, 2.05) is 6.07 Å². The smallest absolute Gasteiger partial charge is 0.215 e. The summed E-state index contributed by atoms with van der Waals surface area (Å²) in [4.78, 5) is 0. The van der Waals surface area contributed by atoms with Crippen LogP contribution in [0.25, 0.3) is 0 Å². The van der Waals surface area contributed by atoms with E-state index in [-0.39, 0.29) is 5.90 Å². The number of nitrogens with one attached hydrogen (secondary N) is 1. The van der Waals surface area contributed by atoms with Gasteiger partial charge < -0.3 is 9.84 Å². The van der Waals surface area contributed by atoms with Gasteiger partial charge in [0.25, 0.3) is 0 Å². The van der Waals surface area contributed by atoms with Crippen LogP contribution >= 0.6 is 23.2 Å². The van der Waals surface area contributed by atoms with Crippen LogP contribution < -0.4 is 0 Å². The molecule has 1 atom stereocenters. The molecule has 1 unspecified atom stereocenters. The third-order valence-corrected chi connectivity index (χ3v) is 3.96. The van der Waals surface area contributed by atoms with E-state index < -0.39 is 6.10 Å². The summed E-state index contributed by atoms with van der Waals surface area (Å²) in [6.07, 6.45) is 1.68. The molecule has 0 saturated carbocycles. The molecule has 0 amide bonds. The molecule has 0 heterocycles. The molecule has 0 aromatic heterocycles. The van der Waals surface area contributed by atoms with Gasteiger partial charge in [-0.05, 0) is 43.4 Å². The zero-order chi connectivity index (χ0) is 13.3. The zero-order valence-corrected chi connectivity index (χ0v) is 11.6. The van der Waals surface area contributed by atoms with E-state index >= 15 is 0 Å². The fraction of sp³-hybridized carbons (Fsp3) is 0.462. The monoisotopic (exact) mass is 287 g/mol. The minimum Gasteiger partial charge on any atom is -0.479 e. The zero-order valence-electron chi connectivity index (χ0n) is 10.1. The fourth-order valence-electron chi connectivity index (χ4n) is 2.36. The maximum absolute atomic E-state index is 10.2. The van der Waals surface area contributed by atoms with Crippen LogP contribution in [-0.4, -0.2) is 17.6 Å². The first-order valence-corrected chi connectivity index (χ1v) is 6.70. The predicted octanol–water partition coefficient (Wildman–Crippen LogP) is 3.53. The van der Waals surface area contributed by atoms with Gasteiger partial charge in [-0.25, -0.2) is 0 Å². The van der Waals surface area contributed by atoms with E-state index in [1.165, 1.54) is 0 Å². The van der Waals surface area contributed by atoms with E-state index in [9.17, 15) is 5.11 Å². The molecule has 0 radical (unpaired) electrons. The van der Waals surface area contributed by atoms with E-state index in [0.29, 0.717) is 22.2 Å². The highest BCUT2D eigenvalue weighted by Crippen LogP contribution is 2.39. The average Bonchev–Trinajstić information content (AvgIpc) is 2.77. The molecule has 0 saturated heterocycles. The van der Waals surface area contributed by atoms with E-state index in [0.717, 1.165) is 30.4 Å². The summed E-state index contributed by atoms with van der Waals surface area (Å²) in [6, 6.07) is 1.85. The Labute approximate surface area is 116 Å². The Balaban J connectivity index is 2.46. The number of aliphatic hydroxyl groups excluding tert-OH is 1. The minimum atomic E-state index is -1.14. The molecular weight excluding hydrogens is 273 g/mol. The van der Waals surface area contributed by atoms with Gasteiger partial charge in [0.2, 0.25) is 5.90 Å². The summed E-state index contributed by atoms with van der Waals surface area (Å²) in [5, 5.41) is 18.6. The molecule has 0 fully saturated rings. The lowest BCUT2D eigenvalue weighted by molar-refractivity contribution is 0.190. The quantitative estimate of drug-likeness (QED) is 0.660. The summed E-state index contributed by atoms with van der Waals surface area (Å²) in [7, 11) is 0. The Bertz CT molecular complexity index is 488. The number of aliphatic hydroxyl groups is 1. The lowest BCUT2D eigenvalue weighted by Crippen LogP contribution is -2.17. The first-order valence-electron chi connectivity index (χ1n) is 5.95. The Morgan fingerprint density at radius 3 is 2.89 bits per heavy atom. The van der Waals surface area contributed by atoms with Gasteiger partial charge in [0, 0.05) is 5.56 Å². The summed E-state index contributed by atoms with van der Waals surface area (Å²) in [5.74, 6) is -0.184. The van der Waals surface area contributed by atoms with Gasteiger partial charge >= 0.3 is 0 Å². The molecule has 5 heteroatoms. The van der Waals surface area contributed by atoms with Crippen LogP contribution in [-0.2, 0) is 17.6 Å². The average molecular weight is 288 g/mol. The Morgan fingerprint density at radius 2 is 2.22 bits per heavy atom. The third-order valence-electron chi connectivity index (χ3n) is 3.15. The maximum atomic E-state index is 10.2. The van der Waals surface area contributed by atoms with Crippen molar-refractivity contribution in [3.8, 4) is 0 Å². The lowest BCUT2D eigenvalue weighted by Gasteiger charge is -2.18. The molecule has 1 aliphatic carbocycles. The van der Waals surface area contributed by atoms with Crippen LogP contribution in [0.2, 0.25) is 10.0 Å². The molecule has 0 bridgehead atoms. The molecule has 1 aromatic rings. The first-order chi connectivity index (χ1) is 8.56. The highest BCUT2D eigenvalue weighted by Gasteiger charge is 2.27. The molecule has 0 aliphatic heterocycles. The molecule has 1 aromatic carbocycles. The van der Waals surface area contributed by atoms with Crippen LogP contribution in [0.1, 0.15) is 36.1 Å². The summed E-state index contributed by atoms with van der Waals surface area (Å²) in [5.41, 5.74) is 2.67. The minimum absolute atomic E-state index is 0.184. The van der Waals surface area contributed by atoms with Crippen molar-refractivity contribution >= 4 is 29.1 Å². The van der Waals surface area contributed by atoms with Crippen molar-refractivity contribution in [1.29, 1.82) is 5.41 Å². The van der Waals surface area contributed by atoms with E-state index in [1.54, 1.807) is 6.92 Å². The number of ether oxygens (including phenoxy) is 1. The normalized spacial score (nSPS) is 15.3. The first kappa shape index (κ1) is 13.7. The van der Waals surface area contributed by atoms with E-state index in [4.69, 9.17) is 33.3 Å². The second-order valence-corrected chi connectivity index (χ2v) is 5.06. The fourth-order valence-corrected chi connectivity index (χ4v) is 2.87. The van der Waals surface area contributed by atoms with Crippen molar-refractivity contribution in [2.24, 2.45) is 0 Å². The Hall–Kier alpha value is -0.770. The molecule has 1 aliphatic rings. The highest BCUT2D eigenvalue weighted by molar-refractivity contribution is 6.42. The van der Waals surface area contributed by atoms with Crippen LogP contribution in [0.5, 0.6) is 0 Å². The SMILES string of the molecule is CCOC(=N)C(O)c1c(Cl)c(Cl)cc2c1CCC2. The van der Waals surface area contributed by atoms with Gasteiger partial charge in [-0.15, -0.1) is 0 Å². The van der Waals surface area contributed by atoms with Crippen molar-refractivity contribution in [2.75, 3.05) is 6.61 Å². The van der Waals surface area contributed by atoms with Crippen LogP contribution in [0, 0.1) is 5.41 Å². The van der Waals surface area contributed by atoms with Crippen molar-refractivity contribution in [1.82, 2.24) is 0 Å². The molecule has 2 N–H and O–H groups in total. The van der Waals surface area contributed by atoms with Crippen LogP contribution in [0.3, 0.4) is 0 Å². The topological polar surface area (TPSA) is 53.3 Å². The Kier molecular flexibility index (Phi) is 4.15. The standard InChI is InChI=1S/C13H15Cl2NO2/c1-2-18-13(16)12(17)10-8-5-3-4-7(8)6-9(14)11(10)15/h6,12,16-17H,2-5H2,1H3. The van der Waals surface area contributed by atoms with Crippen LogP contribution in [0.15, 0.2) is 6.07 Å². The largest absolute Gasteiger partial charge is 0.479 e. The number of halogens is 2. The van der Waals surface area contributed by atoms with Crippen molar-refractivity contribution in [3.05, 3.63) is 32.8 Å². The van der Waals surface area contributed by atoms with Crippen LogP contribution in [0.4, 0.5) is 0 Å². The highest BCUT2D eigenvalue weighted by atomic mass is 35.5. The van der Waals surface area contributed by atoms with Gasteiger partial charge in [-0.1, -0.05) is 23.2 Å². The van der Waals surface area contributed by atoms with Gasteiger partial charge in [-0.2, -0.15) is 0 Å². The second kappa shape index (κ2) is 5.47. The molecule has 3 nitrogen and oxygen atoms in total. The summed E-state index contributed by atoms with van der Waals surface area (Å²) < 4.78 is 5.04. The van der Waals surface area contributed by atoms with Gasteiger partial charge in [0.15, 0.2) is 6.10 Å². The number of hydrogen-bond donors (Lipinski definition) is 2. The maximum Gasteiger partial charge on any atom is 0.215 e. The second-order valence-electron chi connectivity index (χ2n) is 4.28. The third kappa shape index (κ3) is 2.35. The number of benzene rings is 1. The molecule has 0 spiro atoms. The number of hydrogen-bond acceptors (Lipinski definition) is 3. The molecular formula is C13H15Cl2NO2. The Morgan fingerprint density at radius 1 is 1.50 bits per heavy atom. The summed E-state index contributed by atoms with van der Waals surface area (Å²) in [6.45, 7) is 2.11. The summed E-state index contributed by atoms with van der Waals surface area (Å²) >= 11 is 12.2. The number of aryl methyl sites for hydroxylation is 1. The van der Waals surface area contributed by atoms with Crippen molar-refractivity contribution < 1.29 is 9.84 Å². The van der Waals surface area contributed by atoms with Crippen molar-refractivity contribution in [3.63, 3.8) is 0 Å². The van der Waals surface area contributed by atoms with Gasteiger partial charge in [0.1, 0.15) is 0 Å². The number of rotatable bonds is 3. The molecule has 98 valence electrons. The predicted molar refractivity (Wildman–Crippen MR) is 72.8 cm³/mol. The molecule has 18 heavy (non-hydrogen) atoms. The van der Waals surface area contributed by atoms with Crippen molar-refractivity contribution in [2.45, 2.75) is 32.3 Å².